The topological polar surface area (TPSA) is 32.6 Å². The second-order valence-corrected chi connectivity index (χ2v) is 8.80. The highest BCUT2D eigenvalue weighted by atomic mass is 35.5. The van der Waals surface area contributed by atoms with Gasteiger partial charge in [-0.3, -0.25) is 0 Å². The van der Waals surface area contributed by atoms with E-state index in [1.54, 1.807) is 11.3 Å². The molecule has 2 aromatic rings. The fraction of sp³-hybridized carbons (Fsp3) is 0.267. The van der Waals surface area contributed by atoms with Crippen LogP contribution in [0.1, 0.15) is 16.9 Å². The van der Waals surface area contributed by atoms with Gasteiger partial charge in [0.2, 0.25) is 0 Å². The zero-order valence-electron chi connectivity index (χ0n) is 11.2. The third-order valence-electron chi connectivity index (χ3n) is 3.29. The molecule has 1 saturated heterocycles. The van der Waals surface area contributed by atoms with Crippen LogP contribution in [0.3, 0.4) is 0 Å². The van der Waals surface area contributed by atoms with Crippen LogP contribution in [-0.2, 0) is 4.08 Å². The molecule has 1 aromatic carbocycles. The molecule has 0 amide bonds. The molecule has 2 heterocycles. The maximum atomic E-state index is 9.73. The van der Waals surface area contributed by atoms with Crippen molar-refractivity contribution < 1.29 is 5.21 Å². The van der Waals surface area contributed by atoms with Crippen molar-refractivity contribution in [1.82, 2.24) is 0 Å². The van der Waals surface area contributed by atoms with Crippen molar-refractivity contribution >= 4 is 52.2 Å². The van der Waals surface area contributed by atoms with Crippen LogP contribution in [0.15, 0.2) is 46.9 Å². The summed E-state index contributed by atoms with van der Waals surface area (Å²) in [5.41, 5.74) is 1.45. The maximum Gasteiger partial charge on any atom is 0.141 e. The molecule has 6 heteroatoms. The molecular weight excluding hydrogens is 342 g/mol. The number of hydrogen-bond donors (Lipinski definition) is 1. The number of thiophene rings is 1. The van der Waals surface area contributed by atoms with E-state index in [2.05, 4.69) is 16.6 Å². The van der Waals surface area contributed by atoms with Gasteiger partial charge in [-0.25, -0.2) is 0 Å². The Morgan fingerprint density at radius 1 is 1.14 bits per heavy atom. The Morgan fingerprint density at radius 2 is 1.90 bits per heavy atom. The van der Waals surface area contributed by atoms with Crippen LogP contribution in [0.25, 0.3) is 0 Å². The van der Waals surface area contributed by atoms with Gasteiger partial charge in [0.05, 0.1) is 0 Å². The molecule has 110 valence electrons. The van der Waals surface area contributed by atoms with E-state index in [0.717, 1.165) is 17.1 Å². The standard InChI is InChI=1S/C15H14ClNOS3/c16-12-6-2-1-5-11(12)14(17-18)15(13-7-3-8-19-13)20-9-4-10-21-15/h1-3,5-8,18H,4,9-10H2/b17-14+. The summed E-state index contributed by atoms with van der Waals surface area (Å²) in [4.78, 5) is 1.20. The summed E-state index contributed by atoms with van der Waals surface area (Å²) in [6, 6.07) is 11.7. The molecule has 0 saturated carbocycles. The third kappa shape index (κ3) is 2.84. The molecular formula is C15H14ClNOS3. The zero-order chi connectivity index (χ0) is 14.7. The number of thioether (sulfide) groups is 2. The molecule has 21 heavy (non-hydrogen) atoms. The zero-order valence-corrected chi connectivity index (χ0v) is 14.4. The van der Waals surface area contributed by atoms with Crippen molar-refractivity contribution in [2.45, 2.75) is 10.5 Å². The largest absolute Gasteiger partial charge is 0.411 e. The first kappa shape index (κ1) is 15.3. The number of oxime groups is 1. The van der Waals surface area contributed by atoms with Gasteiger partial charge in [-0.1, -0.05) is 41.0 Å². The van der Waals surface area contributed by atoms with Gasteiger partial charge in [-0.2, -0.15) is 0 Å². The van der Waals surface area contributed by atoms with Gasteiger partial charge in [0.1, 0.15) is 9.79 Å². The molecule has 3 rings (SSSR count). The molecule has 0 aliphatic carbocycles. The van der Waals surface area contributed by atoms with Crippen molar-refractivity contribution in [3.8, 4) is 0 Å². The smallest absolute Gasteiger partial charge is 0.141 e. The van der Waals surface area contributed by atoms with Crippen molar-refractivity contribution in [2.24, 2.45) is 5.16 Å². The fourth-order valence-electron chi connectivity index (χ4n) is 2.34. The minimum absolute atomic E-state index is 0.369. The summed E-state index contributed by atoms with van der Waals surface area (Å²) in [7, 11) is 0. The van der Waals surface area contributed by atoms with Crippen molar-refractivity contribution in [3.63, 3.8) is 0 Å². The van der Waals surface area contributed by atoms with Gasteiger partial charge in [0.25, 0.3) is 0 Å². The Balaban J connectivity index is 2.13. The van der Waals surface area contributed by atoms with Gasteiger partial charge in [-0.05, 0) is 35.4 Å². The number of nitrogens with zero attached hydrogens (tertiary/aromatic N) is 1. The van der Waals surface area contributed by atoms with Gasteiger partial charge in [-0.15, -0.1) is 34.9 Å². The van der Waals surface area contributed by atoms with E-state index in [1.165, 1.54) is 11.3 Å². The highest BCUT2D eigenvalue weighted by Gasteiger charge is 2.43. The van der Waals surface area contributed by atoms with Crippen LogP contribution in [0, 0.1) is 0 Å². The quantitative estimate of drug-likeness (QED) is 0.460. The normalized spacial score (nSPS) is 18.6. The SMILES string of the molecule is O/N=C(\c1ccccc1Cl)C1(c2cccs2)SCCCS1. The molecule has 2 nitrogen and oxygen atoms in total. The second-order valence-electron chi connectivity index (χ2n) is 4.57. The predicted octanol–water partition coefficient (Wildman–Crippen LogP) is 5.30. The summed E-state index contributed by atoms with van der Waals surface area (Å²) < 4.78 is -0.369. The summed E-state index contributed by atoms with van der Waals surface area (Å²) in [5, 5.41) is 16.1. The van der Waals surface area contributed by atoms with E-state index >= 15 is 0 Å². The molecule has 0 bridgehead atoms. The van der Waals surface area contributed by atoms with Gasteiger partial charge in [0, 0.05) is 15.5 Å². The molecule has 1 aliphatic heterocycles. The van der Waals surface area contributed by atoms with E-state index in [-0.39, 0.29) is 4.08 Å². The minimum atomic E-state index is -0.369. The van der Waals surface area contributed by atoms with E-state index in [0.29, 0.717) is 10.7 Å². The van der Waals surface area contributed by atoms with Crippen LogP contribution in [-0.4, -0.2) is 22.4 Å². The molecule has 0 unspecified atom stereocenters. The van der Waals surface area contributed by atoms with Crippen LogP contribution >= 0.6 is 46.5 Å². The average molecular weight is 356 g/mol. The first-order valence-electron chi connectivity index (χ1n) is 6.57. The number of halogens is 1. The Hall–Kier alpha value is -0.620. The predicted molar refractivity (Wildman–Crippen MR) is 95.3 cm³/mol. The Labute approximate surface area is 141 Å². The number of rotatable bonds is 3. The molecule has 0 spiro atoms. The van der Waals surface area contributed by atoms with Crippen LogP contribution in [0.2, 0.25) is 5.02 Å². The van der Waals surface area contributed by atoms with Crippen molar-refractivity contribution in [3.05, 3.63) is 57.2 Å². The van der Waals surface area contributed by atoms with E-state index in [1.807, 2.05) is 53.9 Å². The Morgan fingerprint density at radius 3 is 2.52 bits per heavy atom. The number of benzene rings is 1. The van der Waals surface area contributed by atoms with E-state index in [9.17, 15) is 5.21 Å². The van der Waals surface area contributed by atoms with Crippen molar-refractivity contribution in [1.29, 1.82) is 0 Å². The highest BCUT2D eigenvalue weighted by Crippen LogP contribution is 2.54. The lowest BCUT2D eigenvalue weighted by Gasteiger charge is -2.36. The van der Waals surface area contributed by atoms with Gasteiger partial charge >= 0.3 is 0 Å². The van der Waals surface area contributed by atoms with E-state index in [4.69, 9.17) is 11.6 Å². The Kier molecular flexibility index (Phi) is 4.84. The summed E-state index contributed by atoms with van der Waals surface area (Å²) in [5.74, 6) is 2.10. The lowest BCUT2D eigenvalue weighted by atomic mass is 10.1. The maximum absolute atomic E-state index is 9.73. The minimum Gasteiger partial charge on any atom is -0.411 e. The summed E-state index contributed by atoms with van der Waals surface area (Å²) in [6.07, 6.45) is 1.17. The van der Waals surface area contributed by atoms with Crippen LogP contribution < -0.4 is 0 Å². The highest BCUT2D eigenvalue weighted by molar-refractivity contribution is 8.19. The molecule has 0 atom stereocenters. The summed E-state index contributed by atoms with van der Waals surface area (Å²) in [6.45, 7) is 0. The average Bonchev–Trinajstić information content (AvgIpc) is 3.06. The van der Waals surface area contributed by atoms with Crippen LogP contribution in [0.5, 0.6) is 0 Å². The molecule has 0 radical (unpaired) electrons. The molecule has 1 aromatic heterocycles. The molecule has 1 fully saturated rings. The first-order valence-corrected chi connectivity index (χ1v) is 9.80. The molecule has 1 N–H and O–H groups in total. The monoisotopic (exact) mass is 355 g/mol. The van der Waals surface area contributed by atoms with Gasteiger partial charge in [0.15, 0.2) is 0 Å². The lowest BCUT2D eigenvalue weighted by molar-refractivity contribution is 0.318. The third-order valence-corrected chi connectivity index (χ3v) is 8.20. The van der Waals surface area contributed by atoms with Crippen LogP contribution in [0.4, 0.5) is 0 Å². The van der Waals surface area contributed by atoms with Gasteiger partial charge < -0.3 is 5.21 Å². The first-order chi connectivity index (χ1) is 10.3. The van der Waals surface area contributed by atoms with Crippen molar-refractivity contribution in [2.75, 3.05) is 11.5 Å². The Bertz CT molecular complexity index is 636. The lowest BCUT2D eigenvalue weighted by Crippen LogP contribution is -2.32. The fourth-order valence-corrected chi connectivity index (χ4v) is 7.09. The number of hydrogen-bond acceptors (Lipinski definition) is 5. The second kappa shape index (κ2) is 6.65. The summed E-state index contributed by atoms with van der Waals surface area (Å²) >= 11 is 11.7. The molecule has 1 aliphatic rings. The van der Waals surface area contributed by atoms with E-state index < -0.39 is 0 Å².